The SMILES string of the molecule is COC(=O)c1ccc(-c2cnccc2Cl)cc1. The highest BCUT2D eigenvalue weighted by molar-refractivity contribution is 6.33. The summed E-state index contributed by atoms with van der Waals surface area (Å²) >= 11 is 6.06. The Kier molecular flexibility index (Phi) is 3.40. The van der Waals surface area contributed by atoms with Crippen molar-refractivity contribution < 1.29 is 9.53 Å². The molecular formula is C13H10ClNO2. The Hall–Kier alpha value is -1.87. The van der Waals surface area contributed by atoms with Gasteiger partial charge < -0.3 is 4.74 Å². The molecule has 3 nitrogen and oxygen atoms in total. The van der Waals surface area contributed by atoms with Gasteiger partial charge in [-0.25, -0.2) is 4.79 Å². The molecule has 0 aliphatic heterocycles. The number of hydrogen-bond donors (Lipinski definition) is 0. The highest BCUT2D eigenvalue weighted by atomic mass is 35.5. The monoisotopic (exact) mass is 247 g/mol. The van der Waals surface area contributed by atoms with Gasteiger partial charge in [0, 0.05) is 18.0 Å². The van der Waals surface area contributed by atoms with E-state index in [0.29, 0.717) is 10.6 Å². The smallest absolute Gasteiger partial charge is 0.337 e. The van der Waals surface area contributed by atoms with Crippen molar-refractivity contribution in [3.05, 3.63) is 53.3 Å². The summed E-state index contributed by atoms with van der Waals surface area (Å²) in [4.78, 5) is 15.3. The second-order valence-electron chi connectivity index (χ2n) is 3.42. The van der Waals surface area contributed by atoms with E-state index in [2.05, 4.69) is 9.72 Å². The molecule has 1 heterocycles. The third kappa shape index (κ3) is 2.45. The number of esters is 1. The third-order valence-electron chi connectivity index (χ3n) is 2.38. The van der Waals surface area contributed by atoms with Gasteiger partial charge in [-0.1, -0.05) is 23.7 Å². The Labute approximate surface area is 104 Å². The van der Waals surface area contributed by atoms with Crippen molar-refractivity contribution in [2.24, 2.45) is 0 Å². The molecule has 86 valence electrons. The van der Waals surface area contributed by atoms with Crippen LogP contribution >= 0.6 is 11.6 Å². The molecule has 0 aliphatic carbocycles. The quantitative estimate of drug-likeness (QED) is 0.765. The summed E-state index contributed by atoms with van der Waals surface area (Å²) in [5.41, 5.74) is 2.26. The van der Waals surface area contributed by atoms with Crippen LogP contribution in [-0.2, 0) is 4.74 Å². The number of halogens is 1. The molecular weight excluding hydrogens is 238 g/mol. The second-order valence-corrected chi connectivity index (χ2v) is 3.83. The van der Waals surface area contributed by atoms with Gasteiger partial charge in [-0.15, -0.1) is 0 Å². The van der Waals surface area contributed by atoms with Gasteiger partial charge in [0.05, 0.1) is 17.7 Å². The van der Waals surface area contributed by atoms with E-state index in [9.17, 15) is 4.79 Å². The second kappa shape index (κ2) is 4.97. The lowest BCUT2D eigenvalue weighted by molar-refractivity contribution is 0.0601. The summed E-state index contributed by atoms with van der Waals surface area (Å²) in [6.45, 7) is 0. The molecule has 0 N–H and O–H groups in total. The van der Waals surface area contributed by atoms with Crippen molar-refractivity contribution in [1.82, 2.24) is 4.98 Å². The molecule has 0 saturated heterocycles. The number of carbonyl (C=O) groups excluding carboxylic acids is 1. The van der Waals surface area contributed by atoms with Crippen LogP contribution in [0.2, 0.25) is 5.02 Å². The third-order valence-corrected chi connectivity index (χ3v) is 2.71. The van der Waals surface area contributed by atoms with E-state index in [-0.39, 0.29) is 5.97 Å². The fourth-order valence-electron chi connectivity index (χ4n) is 1.49. The number of benzene rings is 1. The lowest BCUT2D eigenvalue weighted by Gasteiger charge is -2.04. The standard InChI is InChI=1S/C13H10ClNO2/c1-17-13(16)10-4-2-9(3-5-10)11-8-15-7-6-12(11)14/h2-8H,1H3. The molecule has 2 aromatic rings. The molecule has 0 aliphatic rings. The average molecular weight is 248 g/mol. The van der Waals surface area contributed by atoms with E-state index in [4.69, 9.17) is 11.6 Å². The van der Waals surface area contributed by atoms with E-state index >= 15 is 0 Å². The minimum atomic E-state index is -0.353. The van der Waals surface area contributed by atoms with Gasteiger partial charge in [-0.2, -0.15) is 0 Å². The molecule has 0 bridgehead atoms. The van der Waals surface area contributed by atoms with E-state index in [0.717, 1.165) is 11.1 Å². The summed E-state index contributed by atoms with van der Waals surface area (Å²) in [6.07, 6.45) is 3.32. The Bertz CT molecular complexity index is 537. The van der Waals surface area contributed by atoms with Crippen LogP contribution in [0.15, 0.2) is 42.7 Å². The zero-order valence-corrected chi connectivity index (χ0v) is 9.94. The largest absolute Gasteiger partial charge is 0.465 e. The summed E-state index contributed by atoms with van der Waals surface area (Å²) in [7, 11) is 1.36. The number of ether oxygens (including phenoxy) is 1. The van der Waals surface area contributed by atoms with Crippen LogP contribution in [0.4, 0.5) is 0 Å². The topological polar surface area (TPSA) is 39.2 Å². The van der Waals surface area contributed by atoms with Gasteiger partial charge in [-0.3, -0.25) is 4.98 Å². The van der Waals surface area contributed by atoms with Gasteiger partial charge in [0.2, 0.25) is 0 Å². The maximum absolute atomic E-state index is 11.3. The molecule has 1 aromatic heterocycles. The molecule has 0 spiro atoms. The maximum atomic E-state index is 11.3. The Morgan fingerprint density at radius 3 is 2.53 bits per heavy atom. The van der Waals surface area contributed by atoms with Crippen LogP contribution in [0.1, 0.15) is 10.4 Å². The first-order chi connectivity index (χ1) is 8.22. The van der Waals surface area contributed by atoms with Crippen molar-refractivity contribution in [2.45, 2.75) is 0 Å². The van der Waals surface area contributed by atoms with Gasteiger partial charge >= 0.3 is 5.97 Å². The van der Waals surface area contributed by atoms with Crippen molar-refractivity contribution in [2.75, 3.05) is 7.11 Å². The van der Waals surface area contributed by atoms with Crippen LogP contribution in [0.5, 0.6) is 0 Å². The Morgan fingerprint density at radius 2 is 1.94 bits per heavy atom. The first-order valence-electron chi connectivity index (χ1n) is 5.00. The number of aromatic nitrogens is 1. The molecule has 0 atom stereocenters. The van der Waals surface area contributed by atoms with E-state index < -0.39 is 0 Å². The van der Waals surface area contributed by atoms with Gasteiger partial charge in [0.25, 0.3) is 0 Å². The normalized spacial score (nSPS) is 10.0. The van der Waals surface area contributed by atoms with Gasteiger partial charge in [0.15, 0.2) is 0 Å². The van der Waals surface area contributed by atoms with Crippen LogP contribution in [0.25, 0.3) is 11.1 Å². The van der Waals surface area contributed by atoms with E-state index in [1.807, 2.05) is 12.1 Å². The lowest BCUT2D eigenvalue weighted by atomic mass is 10.1. The fraction of sp³-hybridized carbons (Fsp3) is 0.0769. The number of carbonyl (C=O) groups is 1. The number of pyridine rings is 1. The number of hydrogen-bond acceptors (Lipinski definition) is 3. The zero-order chi connectivity index (χ0) is 12.3. The van der Waals surface area contributed by atoms with Crippen LogP contribution < -0.4 is 0 Å². The van der Waals surface area contributed by atoms with Gasteiger partial charge in [-0.05, 0) is 23.8 Å². The summed E-state index contributed by atoms with van der Waals surface area (Å²) in [5, 5.41) is 0.630. The highest BCUT2D eigenvalue weighted by Gasteiger charge is 2.07. The number of rotatable bonds is 2. The molecule has 17 heavy (non-hydrogen) atoms. The van der Waals surface area contributed by atoms with Gasteiger partial charge in [0.1, 0.15) is 0 Å². The zero-order valence-electron chi connectivity index (χ0n) is 9.18. The first kappa shape index (κ1) is 11.6. The first-order valence-corrected chi connectivity index (χ1v) is 5.38. The Balaban J connectivity index is 2.36. The van der Waals surface area contributed by atoms with Crippen LogP contribution in [0.3, 0.4) is 0 Å². The molecule has 0 fully saturated rings. The van der Waals surface area contributed by atoms with Crippen LogP contribution in [0, 0.1) is 0 Å². The molecule has 0 unspecified atom stereocenters. The maximum Gasteiger partial charge on any atom is 0.337 e. The number of methoxy groups -OCH3 is 1. The van der Waals surface area contributed by atoms with Crippen molar-refractivity contribution in [1.29, 1.82) is 0 Å². The lowest BCUT2D eigenvalue weighted by Crippen LogP contribution is -2.00. The predicted octanol–water partition coefficient (Wildman–Crippen LogP) is 3.19. The molecule has 0 saturated carbocycles. The minimum absolute atomic E-state index is 0.353. The van der Waals surface area contributed by atoms with Crippen molar-refractivity contribution in [3.8, 4) is 11.1 Å². The summed E-state index contributed by atoms with van der Waals surface area (Å²) in [5.74, 6) is -0.353. The highest BCUT2D eigenvalue weighted by Crippen LogP contribution is 2.26. The minimum Gasteiger partial charge on any atom is -0.465 e. The molecule has 0 amide bonds. The predicted molar refractivity (Wildman–Crippen MR) is 66.0 cm³/mol. The van der Waals surface area contributed by atoms with Crippen molar-refractivity contribution >= 4 is 17.6 Å². The average Bonchev–Trinajstić information content (AvgIpc) is 2.39. The van der Waals surface area contributed by atoms with Crippen LogP contribution in [-0.4, -0.2) is 18.1 Å². The summed E-state index contributed by atoms with van der Waals surface area (Å²) < 4.78 is 4.63. The summed E-state index contributed by atoms with van der Waals surface area (Å²) in [6, 6.07) is 8.75. The Morgan fingerprint density at radius 1 is 1.24 bits per heavy atom. The molecule has 1 aromatic carbocycles. The molecule has 4 heteroatoms. The fourth-order valence-corrected chi connectivity index (χ4v) is 1.71. The van der Waals surface area contributed by atoms with E-state index in [1.54, 1.807) is 30.6 Å². The van der Waals surface area contributed by atoms with Crippen molar-refractivity contribution in [3.63, 3.8) is 0 Å². The molecule has 2 rings (SSSR count). The number of nitrogens with zero attached hydrogens (tertiary/aromatic N) is 1. The molecule has 0 radical (unpaired) electrons. The van der Waals surface area contributed by atoms with E-state index in [1.165, 1.54) is 7.11 Å².